The van der Waals surface area contributed by atoms with Crippen LogP contribution in [0.5, 0.6) is 11.5 Å². The van der Waals surface area contributed by atoms with Gasteiger partial charge in [0, 0.05) is 37.6 Å². The van der Waals surface area contributed by atoms with Crippen molar-refractivity contribution in [2.24, 2.45) is 4.99 Å². The molecule has 1 heterocycles. The van der Waals surface area contributed by atoms with Crippen LogP contribution in [0.3, 0.4) is 0 Å². The number of methoxy groups -OCH3 is 2. The summed E-state index contributed by atoms with van der Waals surface area (Å²) in [6.07, 6.45) is 4.10. The minimum atomic E-state index is 0. The molecule has 1 aromatic carbocycles. The molecular formula is C18H27IN4O2. The average Bonchev–Trinajstić information content (AvgIpc) is 3.12. The number of para-hydroxylation sites is 1. The standard InChI is InChI=1S/C18H26N4O2.HI/c1-4-19-18(20-10-13-22-11-5-6-12-22)21-14-15-8-7-9-16(23-2)17(15)24-3;/h5-9,11-12H,4,10,13-14H2,1-3H3,(H2,19,20,21);1H. The van der Waals surface area contributed by atoms with E-state index in [4.69, 9.17) is 9.47 Å². The van der Waals surface area contributed by atoms with Crippen LogP contribution in [0.4, 0.5) is 0 Å². The molecule has 0 radical (unpaired) electrons. The summed E-state index contributed by atoms with van der Waals surface area (Å²) in [6.45, 7) is 5.06. The fourth-order valence-electron chi connectivity index (χ4n) is 2.41. The van der Waals surface area contributed by atoms with E-state index in [9.17, 15) is 0 Å². The second kappa shape index (κ2) is 11.6. The maximum absolute atomic E-state index is 5.45. The van der Waals surface area contributed by atoms with E-state index >= 15 is 0 Å². The number of nitrogens with one attached hydrogen (secondary N) is 2. The second-order valence-electron chi connectivity index (χ2n) is 5.20. The highest BCUT2D eigenvalue weighted by Crippen LogP contribution is 2.30. The van der Waals surface area contributed by atoms with Crippen molar-refractivity contribution in [2.45, 2.75) is 20.0 Å². The largest absolute Gasteiger partial charge is 0.493 e. The maximum Gasteiger partial charge on any atom is 0.191 e. The second-order valence-corrected chi connectivity index (χ2v) is 5.20. The van der Waals surface area contributed by atoms with Crippen LogP contribution >= 0.6 is 24.0 Å². The summed E-state index contributed by atoms with van der Waals surface area (Å²) < 4.78 is 12.9. The van der Waals surface area contributed by atoms with Crippen LogP contribution in [-0.2, 0) is 13.1 Å². The number of ether oxygens (including phenoxy) is 2. The van der Waals surface area contributed by atoms with Crippen LogP contribution < -0.4 is 20.1 Å². The van der Waals surface area contributed by atoms with Gasteiger partial charge in [0.2, 0.25) is 0 Å². The predicted octanol–water partition coefficient (Wildman–Crippen LogP) is 2.88. The van der Waals surface area contributed by atoms with Crippen LogP contribution in [0.1, 0.15) is 12.5 Å². The Bertz CT molecular complexity index is 645. The first kappa shape index (κ1) is 21.1. The third kappa shape index (κ3) is 6.49. The van der Waals surface area contributed by atoms with Crippen molar-refractivity contribution in [3.05, 3.63) is 48.3 Å². The van der Waals surface area contributed by atoms with E-state index < -0.39 is 0 Å². The van der Waals surface area contributed by atoms with Gasteiger partial charge in [0.15, 0.2) is 17.5 Å². The van der Waals surface area contributed by atoms with Gasteiger partial charge in [-0.05, 0) is 25.1 Å². The molecule has 2 N–H and O–H groups in total. The number of hydrogen-bond donors (Lipinski definition) is 2. The van der Waals surface area contributed by atoms with Crippen molar-refractivity contribution in [1.82, 2.24) is 15.2 Å². The van der Waals surface area contributed by atoms with E-state index in [1.807, 2.05) is 42.7 Å². The van der Waals surface area contributed by atoms with Crippen molar-refractivity contribution in [3.8, 4) is 11.5 Å². The van der Waals surface area contributed by atoms with Crippen LogP contribution in [0.2, 0.25) is 0 Å². The van der Waals surface area contributed by atoms with E-state index in [0.29, 0.717) is 6.54 Å². The number of nitrogens with zero attached hydrogens (tertiary/aromatic N) is 2. The van der Waals surface area contributed by atoms with Gasteiger partial charge in [-0.25, -0.2) is 4.99 Å². The highest BCUT2D eigenvalue weighted by molar-refractivity contribution is 14.0. The molecule has 0 fully saturated rings. The maximum atomic E-state index is 5.45. The highest BCUT2D eigenvalue weighted by Gasteiger charge is 2.09. The zero-order chi connectivity index (χ0) is 17.2. The van der Waals surface area contributed by atoms with Gasteiger partial charge >= 0.3 is 0 Å². The number of aliphatic imine (C=N–C) groups is 1. The lowest BCUT2D eigenvalue weighted by Gasteiger charge is -2.14. The van der Waals surface area contributed by atoms with E-state index in [1.54, 1.807) is 14.2 Å². The smallest absolute Gasteiger partial charge is 0.191 e. The molecule has 0 aliphatic carbocycles. The SMILES string of the molecule is CCNC(=NCc1cccc(OC)c1OC)NCCn1cccc1.I. The van der Waals surface area contributed by atoms with Gasteiger partial charge in [-0.15, -0.1) is 24.0 Å². The summed E-state index contributed by atoms with van der Waals surface area (Å²) >= 11 is 0. The molecule has 0 aliphatic rings. The van der Waals surface area contributed by atoms with Crippen molar-refractivity contribution < 1.29 is 9.47 Å². The lowest BCUT2D eigenvalue weighted by molar-refractivity contribution is 0.352. The number of guanidine groups is 1. The molecule has 0 aliphatic heterocycles. The molecule has 0 spiro atoms. The third-order valence-corrected chi connectivity index (χ3v) is 3.56. The number of benzene rings is 1. The fourth-order valence-corrected chi connectivity index (χ4v) is 2.41. The molecule has 7 heteroatoms. The molecule has 2 aromatic rings. The average molecular weight is 458 g/mol. The summed E-state index contributed by atoms with van der Waals surface area (Å²) in [5.74, 6) is 2.23. The van der Waals surface area contributed by atoms with Crippen LogP contribution in [0.25, 0.3) is 0 Å². The van der Waals surface area contributed by atoms with Crippen LogP contribution in [-0.4, -0.2) is 37.8 Å². The van der Waals surface area contributed by atoms with Crippen molar-refractivity contribution >= 4 is 29.9 Å². The molecule has 2 rings (SSSR count). The molecule has 0 unspecified atom stereocenters. The van der Waals surface area contributed by atoms with E-state index in [1.165, 1.54) is 0 Å². The first-order chi connectivity index (χ1) is 11.8. The van der Waals surface area contributed by atoms with Crippen LogP contribution in [0, 0.1) is 0 Å². The Kier molecular flexibility index (Phi) is 9.83. The minimum absolute atomic E-state index is 0. The van der Waals surface area contributed by atoms with Gasteiger partial charge in [-0.3, -0.25) is 0 Å². The summed E-state index contributed by atoms with van der Waals surface area (Å²) in [5.41, 5.74) is 0.986. The summed E-state index contributed by atoms with van der Waals surface area (Å²) in [5, 5.41) is 6.60. The van der Waals surface area contributed by atoms with Crippen molar-refractivity contribution in [2.75, 3.05) is 27.3 Å². The Hall–Kier alpha value is -1.90. The Morgan fingerprint density at radius 1 is 1.08 bits per heavy atom. The Morgan fingerprint density at radius 2 is 1.84 bits per heavy atom. The minimum Gasteiger partial charge on any atom is -0.493 e. The monoisotopic (exact) mass is 458 g/mol. The molecule has 138 valence electrons. The van der Waals surface area contributed by atoms with Crippen LogP contribution in [0.15, 0.2) is 47.7 Å². The fraction of sp³-hybridized carbons (Fsp3) is 0.389. The number of halogens is 1. The van der Waals surface area contributed by atoms with Gasteiger partial charge in [-0.1, -0.05) is 12.1 Å². The van der Waals surface area contributed by atoms with Gasteiger partial charge in [0.25, 0.3) is 0 Å². The first-order valence-corrected chi connectivity index (χ1v) is 8.11. The zero-order valence-electron chi connectivity index (χ0n) is 15.0. The van der Waals surface area contributed by atoms with Gasteiger partial charge in [0.1, 0.15) is 0 Å². The number of rotatable bonds is 8. The van der Waals surface area contributed by atoms with Gasteiger partial charge in [-0.2, -0.15) is 0 Å². The zero-order valence-corrected chi connectivity index (χ0v) is 17.3. The summed E-state index contributed by atoms with van der Waals surface area (Å²) in [7, 11) is 3.28. The first-order valence-electron chi connectivity index (χ1n) is 8.11. The molecular weight excluding hydrogens is 431 g/mol. The molecule has 1 aromatic heterocycles. The van der Waals surface area contributed by atoms with Gasteiger partial charge < -0.3 is 24.7 Å². The Balaban J connectivity index is 0.00000312. The number of aromatic nitrogens is 1. The van der Waals surface area contributed by atoms with E-state index in [0.717, 1.165) is 42.7 Å². The Morgan fingerprint density at radius 3 is 2.48 bits per heavy atom. The normalized spacial score (nSPS) is 10.8. The molecule has 0 bridgehead atoms. The molecule has 0 atom stereocenters. The third-order valence-electron chi connectivity index (χ3n) is 3.56. The molecule has 0 saturated carbocycles. The highest BCUT2D eigenvalue weighted by atomic mass is 127. The molecule has 0 saturated heterocycles. The molecule has 25 heavy (non-hydrogen) atoms. The van der Waals surface area contributed by atoms with E-state index in [2.05, 4.69) is 27.1 Å². The van der Waals surface area contributed by atoms with Gasteiger partial charge in [0.05, 0.1) is 20.8 Å². The summed E-state index contributed by atoms with van der Waals surface area (Å²) in [6, 6.07) is 9.86. The Labute approximate surface area is 166 Å². The summed E-state index contributed by atoms with van der Waals surface area (Å²) in [4.78, 5) is 4.64. The van der Waals surface area contributed by atoms with Crippen molar-refractivity contribution in [3.63, 3.8) is 0 Å². The quantitative estimate of drug-likeness (QED) is 0.363. The van der Waals surface area contributed by atoms with E-state index in [-0.39, 0.29) is 24.0 Å². The lowest BCUT2D eigenvalue weighted by Crippen LogP contribution is -2.38. The molecule has 6 nitrogen and oxygen atoms in total. The topological polar surface area (TPSA) is 59.8 Å². The number of hydrogen-bond acceptors (Lipinski definition) is 3. The van der Waals surface area contributed by atoms with Crippen molar-refractivity contribution in [1.29, 1.82) is 0 Å². The molecule has 0 amide bonds. The predicted molar refractivity (Wildman–Crippen MR) is 112 cm³/mol. The lowest BCUT2D eigenvalue weighted by atomic mass is 10.2.